The summed E-state index contributed by atoms with van der Waals surface area (Å²) in [5, 5.41) is 7.81. The fraction of sp³-hybridized carbons (Fsp3) is 0.786. The maximum atomic E-state index is 13.8. The lowest BCUT2D eigenvalue weighted by atomic mass is 10.2. The molecule has 1 aromatic rings. The molecule has 0 N–H and O–H groups in total. The van der Waals surface area contributed by atoms with Gasteiger partial charge in [0.25, 0.3) is 16.1 Å². The number of likely N-dealkylation sites (tertiary alicyclic amines) is 1. The zero-order valence-electron chi connectivity index (χ0n) is 14.4. The summed E-state index contributed by atoms with van der Waals surface area (Å²) in [5.41, 5.74) is 0.235. The number of nitrogens with zero attached hydrogens (tertiary/aromatic N) is 6. The number of aromatic nitrogens is 3. The normalized spacial score (nSPS) is 25.2. The molecule has 140 valence electrons. The SMILES string of the molecule is CN(C)S(=O)(=O)N1C[C@@H](F)C[C@H]1Cn1cc(C(=O)N2CCCC2)nn1. The average molecular weight is 374 g/mol. The predicted octanol–water partition coefficient (Wildman–Crippen LogP) is -0.267. The second kappa shape index (κ2) is 6.96. The summed E-state index contributed by atoms with van der Waals surface area (Å²) in [6.07, 6.45) is 2.36. The lowest BCUT2D eigenvalue weighted by Crippen LogP contribution is -2.44. The average Bonchev–Trinajstić information content (AvgIpc) is 3.27. The molecule has 9 nitrogen and oxygen atoms in total. The first-order valence-electron chi connectivity index (χ1n) is 8.32. The number of hydrogen-bond acceptors (Lipinski definition) is 5. The Bertz CT molecular complexity index is 731. The summed E-state index contributed by atoms with van der Waals surface area (Å²) >= 11 is 0. The van der Waals surface area contributed by atoms with Crippen molar-refractivity contribution in [3.63, 3.8) is 0 Å². The van der Waals surface area contributed by atoms with E-state index in [1.807, 2.05) is 0 Å². The smallest absolute Gasteiger partial charge is 0.281 e. The Morgan fingerprint density at radius 1 is 1.36 bits per heavy atom. The first-order chi connectivity index (χ1) is 11.8. The van der Waals surface area contributed by atoms with Crippen LogP contribution in [-0.4, -0.2) is 88.8 Å². The highest BCUT2D eigenvalue weighted by Crippen LogP contribution is 2.26. The Labute approximate surface area is 146 Å². The molecule has 0 unspecified atom stereocenters. The summed E-state index contributed by atoms with van der Waals surface area (Å²) in [4.78, 5) is 14.0. The van der Waals surface area contributed by atoms with Crippen molar-refractivity contribution < 1.29 is 17.6 Å². The third-order valence-electron chi connectivity index (χ3n) is 4.62. The summed E-state index contributed by atoms with van der Waals surface area (Å²) in [7, 11) is -0.878. The molecule has 0 aliphatic carbocycles. The molecule has 2 atom stereocenters. The van der Waals surface area contributed by atoms with Gasteiger partial charge < -0.3 is 4.90 Å². The van der Waals surface area contributed by atoms with Crippen molar-refractivity contribution in [1.29, 1.82) is 0 Å². The van der Waals surface area contributed by atoms with Gasteiger partial charge in [0.2, 0.25) is 0 Å². The third kappa shape index (κ3) is 3.67. The zero-order valence-corrected chi connectivity index (χ0v) is 15.2. The van der Waals surface area contributed by atoms with Crippen LogP contribution < -0.4 is 0 Å². The van der Waals surface area contributed by atoms with E-state index >= 15 is 0 Å². The Kier molecular flexibility index (Phi) is 5.07. The van der Waals surface area contributed by atoms with Gasteiger partial charge >= 0.3 is 0 Å². The van der Waals surface area contributed by atoms with Crippen LogP contribution in [0.3, 0.4) is 0 Å². The Morgan fingerprint density at radius 2 is 2.04 bits per heavy atom. The van der Waals surface area contributed by atoms with Crippen molar-refractivity contribution in [1.82, 2.24) is 28.5 Å². The molecule has 0 aromatic carbocycles. The maximum absolute atomic E-state index is 13.8. The number of amides is 1. The molecular weight excluding hydrogens is 351 g/mol. The summed E-state index contributed by atoms with van der Waals surface area (Å²) in [6.45, 7) is 1.42. The topological polar surface area (TPSA) is 91.6 Å². The molecule has 3 rings (SSSR count). The molecule has 2 fully saturated rings. The van der Waals surface area contributed by atoms with Crippen LogP contribution in [0.25, 0.3) is 0 Å². The van der Waals surface area contributed by atoms with Crippen molar-refractivity contribution in [2.24, 2.45) is 0 Å². The van der Waals surface area contributed by atoms with Crippen LogP contribution in [0.1, 0.15) is 29.8 Å². The van der Waals surface area contributed by atoms with Gasteiger partial charge in [0.1, 0.15) is 6.17 Å². The molecule has 1 aromatic heterocycles. The molecular formula is C14H23FN6O3S. The van der Waals surface area contributed by atoms with Gasteiger partial charge in [-0.1, -0.05) is 5.21 Å². The van der Waals surface area contributed by atoms with E-state index in [1.165, 1.54) is 25.0 Å². The van der Waals surface area contributed by atoms with E-state index in [4.69, 9.17) is 0 Å². The highest BCUT2D eigenvalue weighted by molar-refractivity contribution is 7.86. The van der Waals surface area contributed by atoms with Gasteiger partial charge in [0.05, 0.1) is 12.7 Å². The molecule has 2 aliphatic rings. The Balaban J connectivity index is 1.72. The minimum atomic E-state index is -3.71. The standard InChI is InChI=1S/C14H23FN6O3S/c1-18(2)25(23,24)21-8-11(15)7-12(21)9-20-10-13(16-17-20)14(22)19-5-3-4-6-19/h10-12H,3-9H2,1-2H3/t11-,12-/m0/s1. The molecule has 0 spiro atoms. The van der Waals surface area contributed by atoms with Crippen LogP contribution in [0.5, 0.6) is 0 Å². The van der Waals surface area contributed by atoms with Gasteiger partial charge in [-0.3, -0.25) is 9.48 Å². The van der Waals surface area contributed by atoms with E-state index in [-0.39, 0.29) is 31.1 Å². The molecule has 2 saturated heterocycles. The van der Waals surface area contributed by atoms with Gasteiger partial charge in [-0.2, -0.15) is 17.0 Å². The number of hydrogen-bond donors (Lipinski definition) is 0. The van der Waals surface area contributed by atoms with Crippen LogP contribution in [0.2, 0.25) is 0 Å². The summed E-state index contributed by atoms with van der Waals surface area (Å²) in [5.74, 6) is -0.170. The van der Waals surface area contributed by atoms with E-state index < -0.39 is 22.4 Å². The third-order valence-corrected chi connectivity index (χ3v) is 6.58. The van der Waals surface area contributed by atoms with Crippen molar-refractivity contribution >= 4 is 16.1 Å². The quantitative estimate of drug-likeness (QED) is 0.708. The van der Waals surface area contributed by atoms with Gasteiger partial charge in [-0.25, -0.2) is 4.39 Å². The molecule has 25 heavy (non-hydrogen) atoms. The predicted molar refractivity (Wildman–Crippen MR) is 87.8 cm³/mol. The lowest BCUT2D eigenvalue weighted by Gasteiger charge is -2.26. The number of carbonyl (C=O) groups excluding carboxylic acids is 1. The highest BCUT2D eigenvalue weighted by Gasteiger charge is 2.41. The minimum Gasteiger partial charge on any atom is -0.337 e. The summed E-state index contributed by atoms with van der Waals surface area (Å²) < 4.78 is 42.2. The van der Waals surface area contributed by atoms with Crippen molar-refractivity contribution in [2.45, 2.75) is 38.0 Å². The second-order valence-electron chi connectivity index (χ2n) is 6.67. The highest BCUT2D eigenvalue weighted by atomic mass is 32.2. The monoisotopic (exact) mass is 374 g/mol. The second-order valence-corrected chi connectivity index (χ2v) is 8.77. The Morgan fingerprint density at radius 3 is 2.68 bits per heavy atom. The zero-order chi connectivity index (χ0) is 18.2. The molecule has 2 aliphatic heterocycles. The molecule has 3 heterocycles. The van der Waals surface area contributed by atoms with Crippen molar-refractivity contribution in [2.75, 3.05) is 33.7 Å². The van der Waals surface area contributed by atoms with Crippen LogP contribution in [-0.2, 0) is 16.8 Å². The number of carbonyl (C=O) groups is 1. The molecule has 0 saturated carbocycles. The first-order valence-corrected chi connectivity index (χ1v) is 9.71. The van der Waals surface area contributed by atoms with Crippen LogP contribution >= 0.6 is 0 Å². The first kappa shape index (κ1) is 18.2. The molecule has 0 bridgehead atoms. The fourth-order valence-corrected chi connectivity index (χ4v) is 4.57. The minimum absolute atomic E-state index is 0.0995. The van der Waals surface area contributed by atoms with E-state index in [1.54, 1.807) is 4.90 Å². The van der Waals surface area contributed by atoms with E-state index in [9.17, 15) is 17.6 Å². The van der Waals surface area contributed by atoms with Crippen LogP contribution in [0.4, 0.5) is 4.39 Å². The van der Waals surface area contributed by atoms with E-state index in [0.29, 0.717) is 13.1 Å². The fourth-order valence-electron chi connectivity index (χ4n) is 3.27. The van der Waals surface area contributed by atoms with Gasteiger partial charge in [0.15, 0.2) is 5.69 Å². The Hall–Kier alpha value is -1.59. The molecule has 1 amide bonds. The van der Waals surface area contributed by atoms with Crippen LogP contribution in [0, 0.1) is 0 Å². The van der Waals surface area contributed by atoms with Crippen molar-refractivity contribution in [3.8, 4) is 0 Å². The lowest BCUT2D eigenvalue weighted by molar-refractivity contribution is 0.0787. The number of alkyl halides is 1. The molecule has 0 radical (unpaired) electrons. The van der Waals surface area contributed by atoms with Crippen LogP contribution in [0.15, 0.2) is 6.20 Å². The van der Waals surface area contributed by atoms with Crippen molar-refractivity contribution in [3.05, 3.63) is 11.9 Å². The largest absolute Gasteiger partial charge is 0.337 e. The number of halogens is 1. The van der Waals surface area contributed by atoms with E-state index in [2.05, 4.69) is 10.3 Å². The van der Waals surface area contributed by atoms with Gasteiger partial charge in [0, 0.05) is 39.8 Å². The van der Waals surface area contributed by atoms with Gasteiger partial charge in [-0.05, 0) is 19.3 Å². The molecule has 11 heteroatoms. The van der Waals surface area contributed by atoms with Gasteiger partial charge in [-0.15, -0.1) is 5.10 Å². The summed E-state index contributed by atoms with van der Waals surface area (Å²) in [6, 6.07) is -0.557. The number of rotatable bonds is 5. The van der Waals surface area contributed by atoms with E-state index in [0.717, 1.165) is 21.5 Å². The maximum Gasteiger partial charge on any atom is 0.281 e.